The van der Waals surface area contributed by atoms with Crippen LogP contribution >= 0.6 is 34.3 Å². The quantitative estimate of drug-likeness (QED) is 0.634. The average Bonchev–Trinajstić information content (AvgIpc) is 3.15. The van der Waals surface area contributed by atoms with Gasteiger partial charge in [0.2, 0.25) is 0 Å². The molecule has 0 amide bonds. The minimum absolute atomic E-state index is 0.338. The summed E-state index contributed by atoms with van der Waals surface area (Å²) in [6, 6.07) is 11.1. The first-order valence-electron chi connectivity index (χ1n) is 6.07. The summed E-state index contributed by atoms with van der Waals surface area (Å²) in [5.74, 6) is -0.338. The van der Waals surface area contributed by atoms with Gasteiger partial charge in [0.1, 0.15) is 5.01 Å². The Morgan fingerprint density at radius 3 is 2.57 bits per heavy atom. The van der Waals surface area contributed by atoms with E-state index in [1.807, 2.05) is 29.6 Å². The Morgan fingerprint density at radius 1 is 1.19 bits per heavy atom. The second-order valence-electron chi connectivity index (χ2n) is 4.21. The second-order valence-corrected chi connectivity index (χ2v) is 6.78. The molecule has 0 radical (unpaired) electrons. The van der Waals surface area contributed by atoms with Crippen LogP contribution in [-0.4, -0.2) is 18.1 Å². The topological polar surface area (TPSA) is 39.2 Å². The Bertz CT molecular complexity index is 777. The molecule has 0 fully saturated rings. The fourth-order valence-electron chi connectivity index (χ4n) is 1.84. The zero-order chi connectivity index (χ0) is 14.8. The number of aromatic nitrogens is 1. The lowest BCUT2D eigenvalue weighted by molar-refractivity contribution is 0.0601. The number of rotatable bonds is 3. The van der Waals surface area contributed by atoms with Gasteiger partial charge >= 0.3 is 5.97 Å². The molecule has 0 aliphatic carbocycles. The van der Waals surface area contributed by atoms with E-state index in [0.717, 1.165) is 25.5 Å². The summed E-state index contributed by atoms with van der Waals surface area (Å²) in [6.07, 6.45) is 0. The van der Waals surface area contributed by atoms with Crippen LogP contribution in [0.2, 0.25) is 4.34 Å². The highest BCUT2D eigenvalue weighted by molar-refractivity contribution is 7.20. The molecule has 2 aromatic heterocycles. The summed E-state index contributed by atoms with van der Waals surface area (Å²) < 4.78 is 5.43. The van der Waals surface area contributed by atoms with Crippen LogP contribution in [0.4, 0.5) is 0 Å². The van der Waals surface area contributed by atoms with Crippen molar-refractivity contribution in [3.8, 4) is 21.1 Å². The fraction of sp³-hybridized carbons (Fsp3) is 0.0667. The maximum atomic E-state index is 11.4. The van der Waals surface area contributed by atoms with Crippen LogP contribution in [0.25, 0.3) is 21.1 Å². The summed E-state index contributed by atoms with van der Waals surface area (Å²) in [5, 5.41) is 2.91. The van der Waals surface area contributed by atoms with Crippen LogP contribution in [0.15, 0.2) is 41.8 Å². The average molecular weight is 336 g/mol. The molecule has 0 spiro atoms. The number of carbonyl (C=O) groups excluding carboxylic acids is 1. The van der Waals surface area contributed by atoms with Crippen molar-refractivity contribution in [3.63, 3.8) is 0 Å². The van der Waals surface area contributed by atoms with E-state index in [2.05, 4.69) is 9.72 Å². The van der Waals surface area contributed by atoms with E-state index in [4.69, 9.17) is 11.6 Å². The third-order valence-corrected chi connectivity index (χ3v) is 5.03. The molecule has 106 valence electrons. The van der Waals surface area contributed by atoms with E-state index in [0.29, 0.717) is 5.56 Å². The van der Waals surface area contributed by atoms with E-state index >= 15 is 0 Å². The monoisotopic (exact) mass is 335 g/mol. The molecule has 0 bridgehead atoms. The predicted molar refractivity (Wildman–Crippen MR) is 87.2 cm³/mol. The lowest BCUT2D eigenvalue weighted by atomic mass is 10.1. The minimum Gasteiger partial charge on any atom is -0.465 e. The highest BCUT2D eigenvalue weighted by atomic mass is 35.5. The third-order valence-electron chi connectivity index (χ3n) is 2.88. The largest absolute Gasteiger partial charge is 0.465 e. The van der Waals surface area contributed by atoms with Crippen molar-refractivity contribution < 1.29 is 9.53 Å². The first-order valence-corrected chi connectivity index (χ1v) is 8.15. The van der Waals surface area contributed by atoms with Crippen molar-refractivity contribution >= 4 is 40.2 Å². The Kier molecular flexibility index (Phi) is 4.05. The van der Waals surface area contributed by atoms with Crippen molar-refractivity contribution in [2.75, 3.05) is 7.11 Å². The van der Waals surface area contributed by atoms with Crippen LogP contribution in [0, 0.1) is 0 Å². The number of ether oxygens (including phenoxy) is 1. The Balaban J connectivity index is 1.88. The summed E-state index contributed by atoms with van der Waals surface area (Å²) in [6.45, 7) is 0. The molecule has 3 nitrogen and oxygen atoms in total. The summed E-state index contributed by atoms with van der Waals surface area (Å²) in [7, 11) is 1.37. The zero-order valence-electron chi connectivity index (χ0n) is 11.0. The molecule has 0 saturated heterocycles. The number of nitrogens with zero attached hydrogens (tertiary/aromatic N) is 1. The molecule has 0 atom stereocenters. The highest BCUT2D eigenvalue weighted by Gasteiger charge is 2.10. The molecule has 21 heavy (non-hydrogen) atoms. The van der Waals surface area contributed by atoms with Crippen LogP contribution in [0.1, 0.15) is 10.4 Å². The zero-order valence-corrected chi connectivity index (χ0v) is 13.4. The molecule has 0 aliphatic rings. The molecular weight excluding hydrogens is 326 g/mol. The van der Waals surface area contributed by atoms with E-state index in [1.54, 1.807) is 23.5 Å². The van der Waals surface area contributed by atoms with Crippen LogP contribution < -0.4 is 0 Å². The number of thiazole rings is 1. The van der Waals surface area contributed by atoms with Crippen molar-refractivity contribution in [1.82, 2.24) is 4.98 Å². The standard InChI is InChI=1S/C15H10ClNO2S2/c1-19-15(18)10-4-2-9(3-5-10)14-17-11(8-20-14)12-6-7-13(16)21-12/h2-8H,1H3. The fourth-order valence-corrected chi connectivity index (χ4v) is 3.74. The van der Waals surface area contributed by atoms with Gasteiger partial charge in [-0.05, 0) is 24.3 Å². The van der Waals surface area contributed by atoms with Gasteiger partial charge in [-0.25, -0.2) is 9.78 Å². The number of esters is 1. The van der Waals surface area contributed by atoms with Gasteiger partial charge in [-0.1, -0.05) is 23.7 Å². The van der Waals surface area contributed by atoms with Gasteiger partial charge in [0.25, 0.3) is 0 Å². The van der Waals surface area contributed by atoms with E-state index in [1.165, 1.54) is 18.4 Å². The number of thiophene rings is 1. The Labute approximate surface area is 134 Å². The van der Waals surface area contributed by atoms with Gasteiger partial charge in [0.15, 0.2) is 0 Å². The molecule has 0 unspecified atom stereocenters. The summed E-state index contributed by atoms with van der Waals surface area (Å²) >= 11 is 9.02. The molecule has 0 saturated carbocycles. The Hall–Kier alpha value is -1.69. The lowest BCUT2D eigenvalue weighted by Gasteiger charge is -2.00. The maximum Gasteiger partial charge on any atom is 0.337 e. The van der Waals surface area contributed by atoms with Gasteiger partial charge < -0.3 is 4.74 Å². The van der Waals surface area contributed by atoms with Crippen molar-refractivity contribution in [3.05, 3.63) is 51.7 Å². The van der Waals surface area contributed by atoms with Gasteiger partial charge in [-0.2, -0.15) is 0 Å². The molecule has 3 rings (SSSR count). The first kappa shape index (κ1) is 14.3. The number of hydrogen-bond donors (Lipinski definition) is 0. The summed E-state index contributed by atoms with van der Waals surface area (Å²) in [5.41, 5.74) is 2.42. The van der Waals surface area contributed by atoms with Gasteiger partial charge in [-0.3, -0.25) is 0 Å². The van der Waals surface area contributed by atoms with Crippen molar-refractivity contribution in [1.29, 1.82) is 0 Å². The molecule has 2 heterocycles. The normalized spacial score (nSPS) is 10.6. The Morgan fingerprint density at radius 2 is 1.95 bits per heavy atom. The predicted octanol–water partition coefficient (Wildman–Crippen LogP) is 4.98. The SMILES string of the molecule is COC(=O)c1ccc(-c2nc(-c3ccc(Cl)s3)cs2)cc1. The highest BCUT2D eigenvalue weighted by Crippen LogP contribution is 2.34. The molecule has 3 aromatic rings. The van der Waals surface area contributed by atoms with Crippen molar-refractivity contribution in [2.45, 2.75) is 0 Å². The van der Waals surface area contributed by atoms with E-state index in [-0.39, 0.29) is 5.97 Å². The number of hydrogen-bond acceptors (Lipinski definition) is 5. The number of methoxy groups -OCH3 is 1. The molecule has 6 heteroatoms. The van der Waals surface area contributed by atoms with Crippen LogP contribution in [-0.2, 0) is 4.74 Å². The third kappa shape index (κ3) is 3.00. The number of carbonyl (C=O) groups is 1. The molecule has 0 N–H and O–H groups in total. The minimum atomic E-state index is -0.338. The van der Waals surface area contributed by atoms with Crippen LogP contribution in [0.3, 0.4) is 0 Å². The number of halogens is 1. The van der Waals surface area contributed by atoms with Crippen LogP contribution in [0.5, 0.6) is 0 Å². The maximum absolute atomic E-state index is 11.4. The molecular formula is C15H10ClNO2S2. The summed E-state index contributed by atoms with van der Waals surface area (Å²) in [4.78, 5) is 17.1. The van der Waals surface area contributed by atoms with Crippen molar-refractivity contribution in [2.24, 2.45) is 0 Å². The smallest absolute Gasteiger partial charge is 0.337 e. The van der Waals surface area contributed by atoms with E-state index in [9.17, 15) is 4.79 Å². The molecule has 0 aliphatic heterocycles. The van der Waals surface area contributed by atoms with Gasteiger partial charge in [-0.15, -0.1) is 22.7 Å². The first-order chi connectivity index (χ1) is 10.2. The second kappa shape index (κ2) is 5.97. The van der Waals surface area contributed by atoms with E-state index < -0.39 is 0 Å². The van der Waals surface area contributed by atoms with Gasteiger partial charge in [0, 0.05) is 10.9 Å². The van der Waals surface area contributed by atoms with Gasteiger partial charge in [0.05, 0.1) is 27.6 Å². The number of benzene rings is 1. The molecule has 1 aromatic carbocycles. The lowest BCUT2D eigenvalue weighted by Crippen LogP contribution is -2.00.